The zero-order chi connectivity index (χ0) is 20.1. The third kappa shape index (κ3) is 3.38. The van der Waals surface area contributed by atoms with Crippen LogP contribution >= 0.6 is 34.5 Å². The van der Waals surface area contributed by atoms with Crippen LogP contribution in [0, 0.1) is 0 Å². The lowest BCUT2D eigenvalue weighted by Gasteiger charge is -2.32. The number of rotatable bonds is 2. The number of aromatic nitrogens is 2. The van der Waals surface area contributed by atoms with Gasteiger partial charge in [0, 0.05) is 52.2 Å². The van der Waals surface area contributed by atoms with Crippen molar-refractivity contribution < 1.29 is 4.79 Å². The molecule has 8 heteroatoms. The van der Waals surface area contributed by atoms with Gasteiger partial charge in [-0.1, -0.05) is 23.2 Å². The normalized spacial score (nSPS) is 16.6. The molecule has 0 bridgehead atoms. The van der Waals surface area contributed by atoms with Crippen LogP contribution in [0.1, 0.15) is 20.9 Å². The molecule has 3 heterocycles. The van der Waals surface area contributed by atoms with Gasteiger partial charge in [-0.25, -0.2) is 4.68 Å². The summed E-state index contributed by atoms with van der Waals surface area (Å²) in [6.07, 6.45) is 1.75. The molecule has 1 aromatic carbocycles. The van der Waals surface area contributed by atoms with E-state index in [1.54, 1.807) is 17.4 Å². The first-order chi connectivity index (χ1) is 14.0. The van der Waals surface area contributed by atoms with Crippen molar-refractivity contribution in [1.29, 1.82) is 0 Å². The number of likely N-dealkylation sites (N-methyl/N-ethyl adjacent to an activating group) is 1. The Kier molecular flexibility index (Phi) is 4.90. The molecule has 0 N–H and O–H groups in total. The second-order valence-corrected chi connectivity index (χ2v) is 9.44. The van der Waals surface area contributed by atoms with Gasteiger partial charge in [0.15, 0.2) is 5.69 Å². The highest BCUT2D eigenvalue weighted by Gasteiger charge is 2.32. The molecule has 1 fully saturated rings. The van der Waals surface area contributed by atoms with Crippen LogP contribution in [-0.2, 0) is 12.8 Å². The van der Waals surface area contributed by atoms with Crippen LogP contribution in [0.25, 0.3) is 16.9 Å². The minimum atomic E-state index is 0.0138. The van der Waals surface area contributed by atoms with Crippen LogP contribution in [0.3, 0.4) is 0 Å². The summed E-state index contributed by atoms with van der Waals surface area (Å²) in [6.45, 7) is 3.22. The van der Waals surface area contributed by atoms with E-state index in [2.05, 4.69) is 23.4 Å². The van der Waals surface area contributed by atoms with Crippen LogP contribution in [0.2, 0.25) is 10.0 Å². The molecule has 0 unspecified atom stereocenters. The van der Waals surface area contributed by atoms with E-state index in [1.165, 1.54) is 4.88 Å². The molecule has 3 aromatic rings. The zero-order valence-electron chi connectivity index (χ0n) is 16.0. The molecule has 1 aliphatic heterocycles. The lowest BCUT2D eigenvalue weighted by Crippen LogP contribution is -2.47. The van der Waals surface area contributed by atoms with E-state index >= 15 is 0 Å². The van der Waals surface area contributed by atoms with Crippen LogP contribution in [0.4, 0.5) is 0 Å². The van der Waals surface area contributed by atoms with Crippen molar-refractivity contribution in [3.8, 4) is 16.9 Å². The Hall–Kier alpha value is -1.86. The fraction of sp³-hybridized carbons (Fsp3) is 0.333. The monoisotopic (exact) mass is 446 g/mol. The fourth-order valence-corrected chi connectivity index (χ4v) is 5.52. The maximum atomic E-state index is 13.4. The Balaban J connectivity index is 1.65. The Morgan fingerprint density at radius 1 is 1.07 bits per heavy atom. The number of nitrogens with zero attached hydrogens (tertiary/aromatic N) is 4. The summed E-state index contributed by atoms with van der Waals surface area (Å²) >= 11 is 14.3. The smallest absolute Gasteiger partial charge is 0.274 e. The van der Waals surface area contributed by atoms with E-state index in [4.69, 9.17) is 28.3 Å². The number of hydrogen-bond donors (Lipinski definition) is 0. The Morgan fingerprint density at radius 3 is 2.52 bits per heavy atom. The molecule has 150 valence electrons. The van der Waals surface area contributed by atoms with E-state index in [0.29, 0.717) is 15.7 Å². The number of hydrogen-bond acceptors (Lipinski definition) is 4. The third-order valence-corrected chi connectivity index (χ3v) is 7.09. The SMILES string of the molecule is CN1CCN(C(=O)c2nn(-c3cc(Cl)cc(Cl)c3)c3c2CCc2sccc2-3)CC1. The van der Waals surface area contributed by atoms with Crippen molar-refractivity contribution >= 4 is 40.4 Å². The van der Waals surface area contributed by atoms with E-state index < -0.39 is 0 Å². The molecule has 1 amide bonds. The van der Waals surface area contributed by atoms with Gasteiger partial charge in [0.2, 0.25) is 0 Å². The Morgan fingerprint density at radius 2 is 1.79 bits per heavy atom. The fourth-order valence-electron chi connectivity index (χ4n) is 4.13. The highest BCUT2D eigenvalue weighted by molar-refractivity contribution is 7.10. The molecular formula is C21H20Cl2N4OS. The van der Waals surface area contributed by atoms with Crippen molar-refractivity contribution in [2.75, 3.05) is 33.2 Å². The van der Waals surface area contributed by atoms with Gasteiger partial charge in [-0.05, 0) is 49.5 Å². The molecule has 0 saturated carbocycles. The largest absolute Gasteiger partial charge is 0.335 e. The summed E-state index contributed by atoms with van der Waals surface area (Å²) in [5, 5.41) is 8.01. The maximum Gasteiger partial charge on any atom is 0.274 e. The van der Waals surface area contributed by atoms with E-state index in [0.717, 1.165) is 61.5 Å². The van der Waals surface area contributed by atoms with E-state index in [-0.39, 0.29) is 5.91 Å². The highest BCUT2D eigenvalue weighted by atomic mass is 35.5. The molecular weight excluding hydrogens is 427 g/mol. The predicted octanol–water partition coefficient (Wildman–Crippen LogP) is 4.39. The van der Waals surface area contributed by atoms with Gasteiger partial charge in [0.05, 0.1) is 11.4 Å². The average molecular weight is 447 g/mol. The van der Waals surface area contributed by atoms with Crippen LogP contribution in [-0.4, -0.2) is 58.7 Å². The molecule has 5 nitrogen and oxygen atoms in total. The van der Waals surface area contributed by atoms with Gasteiger partial charge in [-0.15, -0.1) is 11.3 Å². The van der Waals surface area contributed by atoms with Crippen molar-refractivity contribution in [3.05, 3.63) is 55.8 Å². The number of carbonyl (C=O) groups excluding carboxylic acids is 1. The quantitative estimate of drug-likeness (QED) is 0.585. The number of aryl methyl sites for hydroxylation is 1. The number of benzene rings is 1. The van der Waals surface area contributed by atoms with Crippen LogP contribution in [0.5, 0.6) is 0 Å². The first-order valence-corrected chi connectivity index (χ1v) is 11.3. The summed E-state index contributed by atoms with van der Waals surface area (Å²) in [7, 11) is 2.08. The number of fused-ring (bicyclic) bond motifs is 3. The summed E-state index contributed by atoms with van der Waals surface area (Å²) in [5.41, 5.74) is 4.49. The number of amides is 1. The van der Waals surface area contributed by atoms with Gasteiger partial charge >= 0.3 is 0 Å². The predicted molar refractivity (Wildman–Crippen MR) is 118 cm³/mol. The van der Waals surface area contributed by atoms with Gasteiger partial charge < -0.3 is 9.80 Å². The molecule has 0 spiro atoms. The Bertz CT molecular complexity index is 1080. The van der Waals surface area contributed by atoms with Crippen molar-refractivity contribution in [3.63, 3.8) is 0 Å². The average Bonchev–Trinajstić information content (AvgIpc) is 3.31. The second kappa shape index (κ2) is 7.43. The molecule has 0 radical (unpaired) electrons. The lowest BCUT2D eigenvalue weighted by atomic mass is 9.94. The molecule has 2 aliphatic rings. The van der Waals surface area contributed by atoms with Gasteiger partial charge in [0.25, 0.3) is 5.91 Å². The summed E-state index contributed by atoms with van der Waals surface area (Å²) in [5.74, 6) is 0.0138. The van der Waals surface area contributed by atoms with Crippen LogP contribution in [0.15, 0.2) is 29.6 Å². The standard InChI is InChI=1S/C21H20Cl2N4OS/c1-25-5-7-26(8-6-25)21(28)19-17-2-3-18-16(4-9-29-18)20(17)27(24-19)15-11-13(22)10-14(23)12-15/h4,9-12H,2-3,5-8H2,1H3. The van der Waals surface area contributed by atoms with Crippen molar-refractivity contribution in [2.45, 2.75) is 12.8 Å². The van der Waals surface area contributed by atoms with Gasteiger partial charge in [-0.2, -0.15) is 5.10 Å². The molecule has 29 heavy (non-hydrogen) atoms. The minimum Gasteiger partial charge on any atom is -0.335 e. The molecule has 1 saturated heterocycles. The van der Waals surface area contributed by atoms with E-state index in [1.807, 2.05) is 21.7 Å². The summed E-state index contributed by atoms with van der Waals surface area (Å²) < 4.78 is 1.85. The topological polar surface area (TPSA) is 41.4 Å². The van der Waals surface area contributed by atoms with Crippen LogP contribution < -0.4 is 0 Å². The second-order valence-electron chi connectivity index (χ2n) is 7.57. The molecule has 0 atom stereocenters. The number of piperazine rings is 1. The summed E-state index contributed by atoms with van der Waals surface area (Å²) in [6, 6.07) is 7.50. The van der Waals surface area contributed by atoms with E-state index in [9.17, 15) is 4.79 Å². The van der Waals surface area contributed by atoms with Crippen molar-refractivity contribution in [2.24, 2.45) is 0 Å². The first-order valence-electron chi connectivity index (χ1n) is 9.64. The van der Waals surface area contributed by atoms with Crippen molar-refractivity contribution in [1.82, 2.24) is 19.6 Å². The number of thiophene rings is 1. The number of halogens is 2. The Labute approximate surface area is 183 Å². The molecule has 5 rings (SSSR count). The number of carbonyl (C=O) groups is 1. The maximum absolute atomic E-state index is 13.4. The first kappa shape index (κ1) is 19.1. The zero-order valence-corrected chi connectivity index (χ0v) is 18.3. The molecule has 2 aromatic heterocycles. The summed E-state index contributed by atoms with van der Waals surface area (Å²) in [4.78, 5) is 18.9. The third-order valence-electron chi connectivity index (χ3n) is 5.67. The molecule has 1 aliphatic carbocycles. The minimum absolute atomic E-state index is 0.0138. The lowest BCUT2D eigenvalue weighted by molar-refractivity contribution is 0.0656. The van der Waals surface area contributed by atoms with Gasteiger partial charge in [-0.3, -0.25) is 4.79 Å². The highest BCUT2D eigenvalue weighted by Crippen LogP contribution is 2.40. The van der Waals surface area contributed by atoms with Gasteiger partial charge in [0.1, 0.15) is 0 Å².